The molecule has 0 spiro atoms. The summed E-state index contributed by atoms with van der Waals surface area (Å²) in [6.45, 7) is 3.23. The second-order valence-electron chi connectivity index (χ2n) is 6.78. The molecule has 1 aliphatic rings. The lowest BCUT2D eigenvalue weighted by Gasteiger charge is -2.34. The molecule has 1 fully saturated rings. The second kappa shape index (κ2) is 8.43. The Hall–Kier alpha value is -3.21. The van der Waals surface area contributed by atoms with Crippen LogP contribution in [-0.2, 0) is 6.54 Å². The van der Waals surface area contributed by atoms with Gasteiger partial charge in [-0.1, -0.05) is 16.8 Å². The van der Waals surface area contributed by atoms with Crippen LogP contribution < -0.4 is 0 Å². The number of amides is 1. The molecule has 0 unspecified atom stereocenters. The van der Waals surface area contributed by atoms with Gasteiger partial charge in [-0.3, -0.25) is 9.69 Å². The predicted octanol–water partition coefficient (Wildman–Crippen LogP) is 3.22. The van der Waals surface area contributed by atoms with Gasteiger partial charge in [-0.15, -0.1) is 0 Å². The summed E-state index contributed by atoms with van der Waals surface area (Å²) >= 11 is 5.91. The van der Waals surface area contributed by atoms with Crippen molar-refractivity contribution in [3.63, 3.8) is 0 Å². The topological polar surface area (TPSA) is 86.3 Å². The lowest BCUT2D eigenvalue weighted by Crippen LogP contribution is -2.48. The smallest absolute Gasteiger partial charge is 0.253 e. The predicted molar refractivity (Wildman–Crippen MR) is 107 cm³/mol. The minimum absolute atomic E-state index is 0.0167. The maximum atomic E-state index is 12.6. The third-order valence-corrected chi connectivity index (χ3v) is 5.10. The molecule has 1 saturated heterocycles. The maximum Gasteiger partial charge on any atom is 0.253 e. The molecule has 7 nitrogen and oxygen atoms in total. The number of nitriles is 1. The van der Waals surface area contributed by atoms with E-state index < -0.39 is 0 Å². The first-order valence-corrected chi connectivity index (χ1v) is 9.60. The van der Waals surface area contributed by atoms with E-state index in [1.807, 2.05) is 17.0 Å². The van der Waals surface area contributed by atoms with Crippen molar-refractivity contribution in [2.45, 2.75) is 6.54 Å². The van der Waals surface area contributed by atoms with E-state index in [1.54, 1.807) is 36.4 Å². The molecule has 3 aromatic rings. The number of piperazine rings is 1. The van der Waals surface area contributed by atoms with Crippen LogP contribution in [0.1, 0.15) is 21.8 Å². The van der Waals surface area contributed by atoms with Gasteiger partial charge in [0.15, 0.2) is 0 Å². The van der Waals surface area contributed by atoms with E-state index in [-0.39, 0.29) is 5.91 Å². The van der Waals surface area contributed by atoms with E-state index in [0.29, 0.717) is 47.5 Å². The fourth-order valence-electron chi connectivity index (χ4n) is 3.21. The highest BCUT2D eigenvalue weighted by atomic mass is 35.5. The maximum absolute atomic E-state index is 12.6. The van der Waals surface area contributed by atoms with Crippen molar-refractivity contribution < 1.29 is 9.32 Å². The molecular weight excluding hydrogens is 390 g/mol. The molecule has 2 heterocycles. The zero-order valence-corrected chi connectivity index (χ0v) is 16.3. The minimum Gasteiger partial charge on any atom is -0.338 e. The van der Waals surface area contributed by atoms with Crippen molar-refractivity contribution in [2.24, 2.45) is 0 Å². The largest absolute Gasteiger partial charge is 0.338 e. The van der Waals surface area contributed by atoms with Crippen LogP contribution in [0.2, 0.25) is 5.02 Å². The number of carbonyl (C=O) groups excluding carboxylic acids is 1. The zero-order valence-electron chi connectivity index (χ0n) is 15.6. The number of aromatic nitrogens is 2. The van der Waals surface area contributed by atoms with Gasteiger partial charge in [-0.05, 0) is 48.5 Å². The average molecular weight is 408 g/mol. The Balaban J connectivity index is 1.32. The van der Waals surface area contributed by atoms with Crippen LogP contribution in [0.5, 0.6) is 0 Å². The van der Waals surface area contributed by atoms with E-state index in [4.69, 9.17) is 21.4 Å². The molecule has 29 heavy (non-hydrogen) atoms. The zero-order chi connectivity index (χ0) is 20.2. The number of hydrogen-bond acceptors (Lipinski definition) is 6. The van der Waals surface area contributed by atoms with Crippen molar-refractivity contribution in [3.05, 3.63) is 70.6 Å². The first-order valence-electron chi connectivity index (χ1n) is 9.23. The summed E-state index contributed by atoms with van der Waals surface area (Å²) in [7, 11) is 0. The third-order valence-electron chi connectivity index (χ3n) is 4.85. The van der Waals surface area contributed by atoms with Gasteiger partial charge in [-0.2, -0.15) is 10.2 Å². The second-order valence-corrected chi connectivity index (χ2v) is 7.21. The Bertz CT molecular complexity index is 1030. The van der Waals surface area contributed by atoms with Crippen molar-refractivity contribution >= 4 is 17.5 Å². The SMILES string of the molecule is N#Cc1ccc(C(=O)N2CCN(Cc3nc(-c4ccc(Cl)cc4)no3)CC2)cc1. The first-order chi connectivity index (χ1) is 14.1. The number of benzene rings is 2. The van der Waals surface area contributed by atoms with Crippen molar-refractivity contribution in [2.75, 3.05) is 26.2 Å². The molecule has 1 aliphatic heterocycles. The van der Waals surface area contributed by atoms with E-state index in [0.717, 1.165) is 18.7 Å². The molecule has 4 rings (SSSR count). The Morgan fingerprint density at radius 3 is 2.41 bits per heavy atom. The molecule has 0 radical (unpaired) electrons. The highest BCUT2D eigenvalue weighted by molar-refractivity contribution is 6.30. The summed E-state index contributed by atoms with van der Waals surface area (Å²) in [5, 5.41) is 13.6. The molecule has 0 N–H and O–H groups in total. The van der Waals surface area contributed by atoms with Gasteiger partial charge >= 0.3 is 0 Å². The van der Waals surface area contributed by atoms with Crippen LogP contribution in [0.3, 0.4) is 0 Å². The summed E-state index contributed by atoms with van der Waals surface area (Å²) in [6.07, 6.45) is 0. The van der Waals surface area contributed by atoms with Crippen LogP contribution in [0, 0.1) is 11.3 Å². The summed E-state index contributed by atoms with van der Waals surface area (Å²) in [6, 6.07) is 16.1. The molecule has 8 heteroatoms. The van der Waals surface area contributed by atoms with Gasteiger partial charge in [-0.25, -0.2) is 0 Å². The van der Waals surface area contributed by atoms with Crippen molar-refractivity contribution in [1.29, 1.82) is 5.26 Å². The first kappa shape index (κ1) is 19.1. The summed E-state index contributed by atoms with van der Waals surface area (Å²) in [5.74, 6) is 1.06. The normalized spacial score (nSPS) is 14.6. The van der Waals surface area contributed by atoms with Crippen LogP contribution >= 0.6 is 11.6 Å². The quantitative estimate of drug-likeness (QED) is 0.660. The fourth-order valence-corrected chi connectivity index (χ4v) is 3.33. The molecule has 0 atom stereocenters. The Morgan fingerprint density at radius 2 is 1.76 bits per heavy atom. The van der Waals surface area contributed by atoms with Crippen LogP contribution in [0.25, 0.3) is 11.4 Å². The van der Waals surface area contributed by atoms with Crippen molar-refractivity contribution in [3.8, 4) is 17.5 Å². The highest BCUT2D eigenvalue weighted by Crippen LogP contribution is 2.19. The Labute approximate surface area is 173 Å². The van der Waals surface area contributed by atoms with E-state index >= 15 is 0 Å². The molecular formula is C21H18ClN5O2. The van der Waals surface area contributed by atoms with Gasteiger partial charge in [0.25, 0.3) is 5.91 Å². The number of nitrogens with zero attached hydrogens (tertiary/aromatic N) is 5. The van der Waals surface area contributed by atoms with Gasteiger partial charge in [0.1, 0.15) is 0 Å². The Morgan fingerprint density at radius 1 is 1.07 bits per heavy atom. The van der Waals surface area contributed by atoms with Crippen LogP contribution in [0.4, 0.5) is 0 Å². The molecule has 0 bridgehead atoms. The number of hydrogen-bond donors (Lipinski definition) is 0. The summed E-state index contributed by atoms with van der Waals surface area (Å²) < 4.78 is 5.37. The monoisotopic (exact) mass is 407 g/mol. The minimum atomic E-state index is -0.0167. The van der Waals surface area contributed by atoms with Gasteiger partial charge in [0, 0.05) is 42.3 Å². The van der Waals surface area contributed by atoms with Gasteiger partial charge in [0.05, 0.1) is 18.2 Å². The van der Waals surface area contributed by atoms with E-state index in [1.165, 1.54) is 0 Å². The van der Waals surface area contributed by atoms with Gasteiger partial charge in [0.2, 0.25) is 11.7 Å². The molecule has 2 aromatic carbocycles. The fraction of sp³-hybridized carbons (Fsp3) is 0.238. The summed E-state index contributed by atoms with van der Waals surface area (Å²) in [5.41, 5.74) is 1.99. The van der Waals surface area contributed by atoms with Gasteiger partial charge < -0.3 is 9.42 Å². The number of rotatable bonds is 4. The third kappa shape index (κ3) is 4.45. The van der Waals surface area contributed by atoms with E-state index in [2.05, 4.69) is 21.1 Å². The lowest BCUT2D eigenvalue weighted by molar-refractivity contribution is 0.0615. The molecule has 146 valence electrons. The average Bonchev–Trinajstić information content (AvgIpc) is 3.23. The molecule has 1 aromatic heterocycles. The van der Waals surface area contributed by atoms with Crippen LogP contribution in [0.15, 0.2) is 53.1 Å². The standard InChI is InChI=1S/C21H18ClN5O2/c22-18-7-5-16(6-8-18)20-24-19(29-25-20)14-26-9-11-27(12-10-26)21(28)17-3-1-15(13-23)2-4-17/h1-8H,9-12,14H2. The Kier molecular flexibility index (Phi) is 5.56. The highest BCUT2D eigenvalue weighted by Gasteiger charge is 2.23. The molecule has 0 saturated carbocycles. The lowest BCUT2D eigenvalue weighted by atomic mass is 10.1. The van der Waals surface area contributed by atoms with Crippen molar-refractivity contribution in [1.82, 2.24) is 19.9 Å². The molecule has 1 amide bonds. The van der Waals surface area contributed by atoms with Crippen LogP contribution in [-0.4, -0.2) is 52.0 Å². The molecule has 0 aliphatic carbocycles. The summed E-state index contributed by atoms with van der Waals surface area (Å²) in [4.78, 5) is 21.1. The number of halogens is 1. The van der Waals surface area contributed by atoms with E-state index in [9.17, 15) is 4.79 Å². The number of carbonyl (C=O) groups is 1.